The Balaban J connectivity index is 2.21. The molecule has 0 aliphatic rings. The van der Waals surface area contributed by atoms with Gasteiger partial charge in [0.25, 0.3) is 10.0 Å². The topological polar surface area (TPSA) is 68.1 Å². The van der Waals surface area contributed by atoms with Gasteiger partial charge in [-0.15, -0.1) is 0 Å². The van der Waals surface area contributed by atoms with Gasteiger partial charge in [0, 0.05) is 0 Å². The van der Waals surface area contributed by atoms with E-state index in [0.717, 1.165) is 0 Å². The van der Waals surface area contributed by atoms with Gasteiger partial charge in [-0.05, 0) is 36.4 Å². The minimum atomic E-state index is -3.67. The summed E-state index contributed by atoms with van der Waals surface area (Å²) in [6.45, 7) is 0. The molecule has 0 atom stereocenters. The van der Waals surface area contributed by atoms with E-state index in [1.165, 1.54) is 12.1 Å². The SMILES string of the molecule is COc1ccc(N=S=NS(=O)(=O)c2ccccc2)cc1. The smallest absolute Gasteiger partial charge is 0.293 e. The number of rotatable bonds is 4. The molecule has 0 radical (unpaired) electrons. The van der Waals surface area contributed by atoms with Gasteiger partial charge in [0.2, 0.25) is 0 Å². The average Bonchev–Trinajstić information content (AvgIpc) is 2.49. The Bertz CT molecular complexity index is 735. The second-order valence-corrected chi connectivity index (χ2v) is 6.10. The predicted molar refractivity (Wildman–Crippen MR) is 78.5 cm³/mol. The molecule has 0 unspecified atom stereocenters. The lowest BCUT2D eigenvalue weighted by molar-refractivity contribution is 0.415. The largest absolute Gasteiger partial charge is 0.497 e. The predicted octanol–water partition coefficient (Wildman–Crippen LogP) is 3.17. The van der Waals surface area contributed by atoms with Crippen molar-refractivity contribution in [3.8, 4) is 5.75 Å². The first-order chi connectivity index (χ1) is 9.62. The zero-order chi connectivity index (χ0) is 14.4. The number of benzene rings is 2. The molecule has 0 N–H and O–H groups in total. The standard InChI is InChI=1S/C13H12N2O3S2/c1-18-12-9-7-11(8-10-12)14-19-15-20(16,17)13-5-3-2-4-6-13/h2-10H,1H3. The van der Waals surface area contributed by atoms with Crippen LogP contribution < -0.4 is 4.74 Å². The molecule has 0 aliphatic heterocycles. The fourth-order valence-corrected chi connectivity index (χ4v) is 2.93. The summed E-state index contributed by atoms with van der Waals surface area (Å²) in [5, 5.41) is 0. The zero-order valence-corrected chi connectivity index (χ0v) is 12.3. The number of methoxy groups -OCH3 is 1. The van der Waals surface area contributed by atoms with E-state index in [-0.39, 0.29) is 4.90 Å². The van der Waals surface area contributed by atoms with Crippen LogP contribution in [0.5, 0.6) is 5.75 Å². The number of nitrogens with zero attached hydrogens (tertiary/aromatic N) is 2. The summed E-state index contributed by atoms with van der Waals surface area (Å²) in [6.07, 6.45) is 0. The molecule has 7 heteroatoms. The van der Waals surface area contributed by atoms with Crippen molar-refractivity contribution in [2.24, 2.45) is 8.13 Å². The van der Waals surface area contributed by atoms with Gasteiger partial charge in [0.15, 0.2) is 0 Å². The second-order valence-electron chi connectivity index (χ2n) is 3.73. The molecule has 0 aromatic heterocycles. The summed E-state index contributed by atoms with van der Waals surface area (Å²) in [4.78, 5) is 0.150. The van der Waals surface area contributed by atoms with Gasteiger partial charge >= 0.3 is 0 Å². The van der Waals surface area contributed by atoms with Crippen LogP contribution in [-0.2, 0) is 21.4 Å². The molecule has 0 fully saturated rings. The van der Waals surface area contributed by atoms with Gasteiger partial charge in [0.05, 0.1) is 29.0 Å². The molecular weight excluding hydrogens is 296 g/mol. The van der Waals surface area contributed by atoms with Gasteiger partial charge in [-0.2, -0.15) is 12.8 Å². The van der Waals surface area contributed by atoms with E-state index < -0.39 is 10.0 Å². The summed E-state index contributed by atoms with van der Waals surface area (Å²) in [6, 6.07) is 14.9. The molecule has 0 amide bonds. The highest BCUT2D eigenvalue weighted by molar-refractivity contribution is 7.93. The van der Waals surface area contributed by atoms with E-state index in [9.17, 15) is 8.42 Å². The maximum Gasteiger partial charge on any atom is 0.293 e. The summed E-state index contributed by atoms with van der Waals surface area (Å²) in [5.74, 6) is 0.711. The number of sulfonamides is 1. The molecule has 104 valence electrons. The summed E-state index contributed by atoms with van der Waals surface area (Å²) >= 11 is 0.643. The normalized spacial score (nSPS) is 10.7. The molecule has 2 aromatic rings. The van der Waals surface area contributed by atoms with E-state index >= 15 is 0 Å². The molecule has 5 nitrogen and oxygen atoms in total. The third kappa shape index (κ3) is 3.75. The van der Waals surface area contributed by atoms with Crippen LogP contribution in [-0.4, -0.2) is 15.5 Å². The minimum absolute atomic E-state index is 0.150. The van der Waals surface area contributed by atoms with Gasteiger partial charge in [-0.3, -0.25) is 0 Å². The van der Waals surface area contributed by atoms with E-state index in [2.05, 4.69) is 8.13 Å². The first kappa shape index (κ1) is 14.4. The summed E-state index contributed by atoms with van der Waals surface area (Å²) in [7, 11) is -2.10. The molecule has 0 saturated heterocycles. The highest BCUT2D eigenvalue weighted by atomic mass is 32.2. The van der Waals surface area contributed by atoms with Crippen LogP contribution in [0.25, 0.3) is 0 Å². The Morgan fingerprint density at radius 1 is 1.00 bits per heavy atom. The van der Waals surface area contributed by atoms with Crippen LogP contribution in [0.2, 0.25) is 0 Å². The van der Waals surface area contributed by atoms with E-state index in [4.69, 9.17) is 4.74 Å². The minimum Gasteiger partial charge on any atom is -0.497 e. The molecule has 20 heavy (non-hydrogen) atoms. The summed E-state index contributed by atoms with van der Waals surface area (Å²) in [5.41, 5.74) is 0.614. The van der Waals surface area contributed by atoms with Crippen LogP contribution in [0, 0.1) is 0 Å². The van der Waals surface area contributed by atoms with Crippen LogP contribution in [0.15, 0.2) is 67.6 Å². The van der Waals surface area contributed by atoms with Crippen LogP contribution >= 0.6 is 0 Å². The number of hydrogen-bond acceptors (Lipinski definition) is 4. The van der Waals surface area contributed by atoms with Crippen LogP contribution in [0.3, 0.4) is 0 Å². The quantitative estimate of drug-likeness (QED) is 0.871. The lowest BCUT2D eigenvalue weighted by Gasteiger charge is -1.97. The van der Waals surface area contributed by atoms with Gasteiger partial charge in [-0.25, -0.2) is 0 Å². The van der Waals surface area contributed by atoms with Crippen molar-refractivity contribution in [1.82, 2.24) is 0 Å². The van der Waals surface area contributed by atoms with Gasteiger partial charge < -0.3 is 4.74 Å². The van der Waals surface area contributed by atoms with Crippen molar-refractivity contribution in [3.63, 3.8) is 0 Å². The van der Waals surface area contributed by atoms with Crippen molar-refractivity contribution < 1.29 is 13.2 Å². The monoisotopic (exact) mass is 308 g/mol. The van der Waals surface area contributed by atoms with Crippen LogP contribution in [0.4, 0.5) is 5.69 Å². The van der Waals surface area contributed by atoms with E-state index in [1.54, 1.807) is 49.6 Å². The first-order valence-corrected chi connectivity index (χ1v) is 7.82. The Kier molecular flexibility index (Phi) is 4.65. The molecule has 0 heterocycles. The number of hydrogen-bond donors (Lipinski definition) is 0. The fraction of sp³-hybridized carbons (Fsp3) is 0.0769. The Labute approximate surface area is 121 Å². The summed E-state index contributed by atoms with van der Waals surface area (Å²) < 4.78 is 36.3. The molecule has 0 bridgehead atoms. The van der Waals surface area contributed by atoms with Crippen LogP contribution in [0.1, 0.15) is 0 Å². The second kappa shape index (κ2) is 6.44. The lowest BCUT2D eigenvalue weighted by Crippen LogP contribution is -1.94. The molecule has 2 aromatic carbocycles. The molecule has 0 spiro atoms. The van der Waals surface area contributed by atoms with E-state index in [0.29, 0.717) is 22.8 Å². The highest BCUT2D eigenvalue weighted by Crippen LogP contribution is 2.17. The van der Waals surface area contributed by atoms with Crippen molar-refractivity contribution >= 4 is 27.1 Å². The Morgan fingerprint density at radius 3 is 2.25 bits per heavy atom. The number of ether oxygens (including phenoxy) is 1. The molecule has 0 saturated carbocycles. The third-order valence-corrected chi connectivity index (χ3v) is 4.60. The highest BCUT2D eigenvalue weighted by Gasteiger charge is 2.10. The van der Waals surface area contributed by atoms with Gasteiger partial charge in [-0.1, -0.05) is 22.0 Å². The average molecular weight is 308 g/mol. The third-order valence-electron chi connectivity index (χ3n) is 2.39. The maximum absolute atomic E-state index is 11.9. The van der Waals surface area contributed by atoms with Crippen molar-refractivity contribution in [2.75, 3.05) is 7.11 Å². The first-order valence-electron chi connectivity index (χ1n) is 5.65. The zero-order valence-electron chi connectivity index (χ0n) is 10.6. The Morgan fingerprint density at radius 2 is 1.65 bits per heavy atom. The van der Waals surface area contributed by atoms with Crippen molar-refractivity contribution in [1.29, 1.82) is 0 Å². The molecular formula is C13H12N2O3S2. The van der Waals surface area contributed by atoms with Crippen molar-refractivity contribution in [3.05, 3.63) is 54.6 Å². The fourth-order valence-electron chi connectivity index (χ4n) is 1.39. The Hall–Kier alpha value is -1.99. The molecule has 2 rings (SSSR count). The van der Waals surface area contributed by atoms with E-state index in [1.807, 2.05) is 0 Å². The maximum atomic E-state index is 11.9. The van der Waals surface area contributed by atoms with Crippen molar-refractivity contribution in [2.45, 2.75) is 4.90 Å². The molecule has 0 aliphatic carbocycles. The lowest BCUT2D eigenvalue weighted by atomic mass is 10.3. The van der Waals surface area contributed by atoms with Gasteiger partial charge in [0.1, 0.15) is 5.75 Å².